The van der Waals surface area contributed by atoms with Crippen molar-refractivity contribution in [2.75, 3.05) is 0 Å². The van der Waals surface area contributed by atoms with Crippen LogP contribution in [0.3, 0.4) is 0 Å². The molecule has 4 rings (SSSR count). The van der Waals surface area contributed by atoms with Crippen molar-refractivity contribution in [3.63, 3.8) is 0 Å². The Bertz CT molecular complexity index is 714. The molecule has 168 valence electrons. The van der Waals surface area contributed by atoms with Gasteiger partial charge >= 0.3 is 0 Å². The number of allylic oxidation sites excluding steroid dienone is 4. The minimum absolute atomic E-state index is 0.383. The van der Waals surface area contributed by atoms with Crippen molar-refractivity contribution in [3.8, 4) is 0 Å². The summed E-state index contributed by atoms with van der Waals surface area (Å²) in [6, 6.07) is 0. The summed E-state index contributed by atoms with van der Waals surface area (Å²) in [7, 11) is 0. The van der Waals surface area contributed by atoms with Crippen molar-refractivity contribution >= 4 is 5.78 Å². The van der Waals surface area contributed by atoms with E-state index in [0.717, 1.165) is 55.3 Å². The minimum Gasteiger partial charge on any atom is -0.300 e. The quantitative estimate of drug-likeness (QED) is 0.419. The van der Waals surface area contributed by atoms with Crippen LogP contribution in [0.2, 0.25) is 0 Å². The number of fused-ring (bicyclic) bond motifs is 5. The SMILES string of the molecule is CC[C@H](/C=C/[C@@H](C)[C@H]1CC[C@H]2C3=CCC4CC(=O)CC[C@]4(C)[C@H]3CC[C@]12C)C(C)C. The zero-order valence-corrected chi connectivity index (χ0v) is 20.5. The first-order valence-electron chi connectivity index (χ1n) is 13.1. The summed E-state index contributed by atoms with van der Waals surface area (Å²) in [5, 5.41) is 0. The number of ketones is 1. The number of carbonyl (C=O) groups excluding carboxylic acids is 1. The molecule has 3 fully saturated rings. The second kappa shape index (κ2) is 8.25. The first kappa shape index (κ1) is 22.3. The Hall–Kier alpha value is -0.850. The van der Waals surface area contributed by atoms with E-state index in [9.17, 15) is 4.79 Å². The van der Waals surface area contributed by atoms with E-state index in [1.807, 2.05) is 5.57 Å². The molecule has 4 aliphatic carbocycles. The lowest BCUT2D eigenvalue weighted by Crippen LogP contribution is -2.49. The molecule has 1 heteroatoms. The summed E-state index contributed by atoms with van der Waals surface area (Å²) in [6.45, 7) is 14.7. The largest absolute Gasteiger partial charge is 0.300 e. The van der Waals surface area contributed by atoms with Crippen LogP contribution in [0.1, 0.15) is 99.3 Å². The van der Waals surface area contributed by atoms with Crippen LogP contribution in [0.5, 0.6) is 0 Å². The third-order valence-corrected chi connectivity index (χ3v) is 10.6. The van der Waals surface area contributed by atoms with Crippen LogP contribution in [0.25, 0.3) is 0 Å². The second-order valence-electron chi connectivity index (χ2n) is 12.3. The van der Waals surface area contributed by atoms with Crippen LogP contribution in [0.4, 0.5) is 0 Å². The van der Waals surface area contributed by atoms with E-state index in [2.05, 4.69) is 59.8 Å². The maximum absolute atomic E-state index is 12.1. The van der Waals surface area contributed by atoms with Gasteiger partial charge in [0, 0.05) is 12.8 Å². The monoisotopic (exact) mass is 410 g/mol. The topological polar surface area (TPSA) is 17.1 Å². The summed E-state index contributed by atoms with van der Waals surface area (Å²) in [6.07, 6.45) is 18.5. The molecule has 0 bridgehead atoms. The average molecular weight is 411 g/mol. The molecule has 3 saturated carbocycles. The van der Waals surface area contributed by atoms with Crippen molar-refractivity contribution in [1.29, 1.82) is 0 Å². The van der Waals surface area contributed by atoms with Gasteiger partial charge in [-0.25, -0.2) is 0 Å². The predicted octanol–water partition coefficient (Wildman–Crippen LogP) is 8.01. The molecular formula is C29H46O. The maximum Gasteiger partial charge on any atom is 0.133 e. The van der Waals surface area contributed by atoms with E-state index < -0.39 is 0 Å². The molecule has 0 radical (unpaired) electrons. The molecule has 0 N–H and O–H groups in total. The number of hydrogen-bond donors (Lipinski definition) is 0. The number of Topliss-reactive ketones (excluding diaryl/α,β-unsaturated/α-hetero) is 1. The van der Waals surface area contributed by atoms with Gasteiger partial charge in [-0.15, -0.1) is 0 Å². The Morgan fingerprint density at radius 2 is 1.77 bits per heavy atom. The van der Waals surface area contributed by atoms with Crippen LogP contribution in [-0.2, 0) is 4.79 Å². The highest BCUT2D eigenvalue weighted by atomic mass is 16.1. The van der Waals surface area contributed by atoms with Crippen LogP contribution in [0, 0.1) is 52.3 Å². The first-order valence-corrected chi connectivity index (χ1v) is 13.1. The molecule has 0 saturated heterocycles. The van der Waals surface area contributed by atoms with Crippen molar-refractivity contribution in [2.45, 2.75) is 99.3 Å². The van der Waals surface area contributed by atoms with Gasteiger partial charge in [-0.05, 0) is 97.2 Å². The van der Waals surface area contributed by atoms with E-state index in [-0.39, 0.29) is 0 Å². The predicted molar refractivity (Wildman–Crippen MR) is 127 cm³/mol. The van der Waals surface area contributed by atoms with Crippen LogP contribution in [-0.4, -0.2) is 5.78 Å². The third kappa shape index (κ3) is 3.57. The van der Waals surface area contributed by atoms with Crippen molar-refractivity contribution < 1.29 is 4.79 Å². The van der Waals surface area contributed by atoms with Gasteiger partial charge in [-0.2, -0.15) is 0 Å². The minimum atomic E-state index is 0.383. The molecule has 0 aromatic carbocycles. The Morgan fingerprint density at radius 3 is 2.47 bits per heavy atom. The Balaban J connectivity index is 1.54. The highest BCUT2D eigenvalue weighted by Gasteiger charge is 2.58. The average Bonchev–Trinajstić information content (AvgIpc) is 3.06. The van der Waals surface area contributed by atoms with Crippen LogP contribution >= 0.6 is 0 Å². The molecule has 1 nitrogen and oxygen atoms in total. The lowest BCUT2D eigenvalue weighted by atomic mass is 9.48. The van der Waals surface area contributed by atoms with E-state index in [4.69, 9.17) is 0 Å². The van der Waals surface area contributed by atoms with Crippen LogP contribution < -0.4 is 0 Å². The lowest BCUT2D eigenvalue weighted by Gasteiger charge is -2.57. The molecule has 0 spiro atoms. The smallest absolute Gasteiger partial charge is 0.133 e. The Labute approximate surface area is 186 Å². The summed E-state index contributed by atoms with van der Waals surface area (Å²) in [4.78, 5) is 12.1. The fraction of sp³-hybridized carbons (Fsp3) is 0.828. The highest BCUT2D eigenvalue weighted by molar-refractivity contribution is 5.79. The summed E-state index contributed by atoms with van der Waals surface area (Å²) >= 11 is 0. The zero-order valence-electron chi connectivity index (χ0n) is 20.5. The molecule has 8 atom stereocenters. The van der Waals surface area contributed by atoms with E-state index >= 15 is 0 Å². The lowest BCUT2D eigenvalue weighted by molar-refractivity contribution is -0.127. The first-order chi connectivity index (χ1) is 14.2. The Kier molecular flexibility index (Phi) is 6.15. The highest BCUT2D eigenvalue weighted by Crippen LogP contribution is 2.66. The molecular weight excluding hydrogens is 364 g/mol. The van der Waals surface area contributed by atoms with Gasteiger partial charge in [0.15, 0.2) is 0 Å². The summed E-state index contributed by atoms with van der Waals surface area (Å²) < 4.78 is 0. The van der Waals surface area contributed by atoms with Gasteiger partial charge in [0.05, 0.1) is 0 Å². The fourth-order valence-electron chi connectivity index (χ4n) is 8.49. The number of hydrogen-bond acceptors (Lipinski definition) is 1. The third-order valence-electron chi connectivity index (χ3n) is 10.6. The number of carbonyl (C=O) groups is 1. The zero-order chi connectivity index (χ0) is 21.7. The molecule has 0 heterocycles. The van der Waals surface area contributed by atoms with Gasteiger partial charge < -0.3 is 0 Å². The molecule has 1 unspecified atom stereocenters. The molecule has 0 amide bonds. The van der Waals surface area contributed by atoms with Crippen LogP contribution in [0.15, 0.2) is 23.8 Å². The van der Waals surface area contributed by atoms with Gasteiger partial charge in [-0.1, -0.05) is 65.3 Å². The van der Waals surface area contributed by atoms with Crippen molar-refractivity contribution in [1.82, 2.24) is 0 Å². The maximum atomic E-state index is 12.1. The van der Waals surface area contributed by atoms with Gasteiger partial charge in [-0.3, -0.25) is 4.79 Å². The summed E-state index contributed by atoms with van der Waals surface area (Å²) in [5.41, 5.74) is 2.68. The van der Waals surface area contributed by atoms with Crippen molar-refractivity contribution in [2.24, 2.45) is 52.3 Å². The van der Waals surface area contributed by atoms with Gasteiger partial charge in [0.25, 0.3) is 0 Å². The van der Waals surface area contributed by atoms with E-state index in [1.165, 1.54) is 32.1 Å². The van der Waals surface area contributed by atoms with E-state index in [0.29, 0.717) is 28.4 Å². The number of rotatable bonds is 5. The fourth-order valence-corrected chi connectivity index (χ4v) is 8.49. The standard InChI is InChI=1S/C29H46O/c1-7-21(19(2)3)9-8-20(4)25-12-13-26-24-11-10-22-18-23(30)14-16-28(22,5)27(24)15-17-29(25,26)6/h8-9,11,19-22,25-27H,7,10,12-18H2,1-6H3/b9-8+/t20-,21-,22?,25-,26+,27+,28+,29-/m1/s1. The summed E-state index contributed by atoms with van der Waals surface area (Å²) in [5.74, 6) is 5.63. The molecule has 30 heavy (non-hydrogen) atoms. The molecule has 0 aliphatic heterocycles. The molecule has 0 aromatic heterocycles. The van der Waals surface area contributed by atoms with Gasteiger partial charge in [0.2, 0.25) is 0 Å². The molecule has 0 aromatic rings. The van der Waals surface area contributed by atoms with Gasteiger partial charge in [0.1, 0.15) is 5.78 Å². The Morgan fingerprint density at radius 1 is 1.03 bits per heavy atom. The molecule has 4 aliphatic rings. The normalized spacial score (nSPS) is 43.2. The second-order valence-corrected chi connectivity index (χ2v) is 12.3. The van der Waals surface area contributed by atoms with E-state index in [1.54, 1.807) is 0 Å². The van der Waals surface area contributed by atoms with Crippen molar-refractivity contribution in [3.05, 3.63) is 23.8 Å².